The maximum absolute atomic E-state index is 6.44. The summed E-state index contributed by atoms with van der Waals surface area (Å²) in [4.78, 5) is 0. The van der Waals surface area contributed by atoms with Gasteiger partial charge < -0.3 is 9.47 Å². The van der Waals surface area contributed by atoms with Gasteiger partial charge in [0.2, 0.25) is 0 Å². The summed E-state index contributed by atoms with van der Waals surface area (Å²) in [6.07, 6.45) is 17.3. The molecule has 0 radical (unpaired) electrons. The predicted molar refractivity (Wildman–Crippen MR) is 122 cm³/mol. The van der Waals surface area contributed by atoms with Gasteiger partial charge in [-0.3, -0.25) is 0 Å². The molecule has 0 heterocycles. The van der Waals surface area contributed by atoms with Gasteiger partial charge in [-0.2, -0.15) is 0 Å². The van der Waals surface area contributed by atoms with Crippen LogP contribution in [0.15, 0.2) is 24.3 Å². The molecule has 0 bridgehead atoms. The zero-order chi connectivity index (χ0) is 20.5. The van der Waals surface area contributed by atoms with Gasteiger partial charge in [-0.05, 0) is 74.0 Å². The van der Waals surface area contributed by atoms with E-state index in [-0.39, 0.29) is 6.29 Å². The van der Waals surface area contributed by atoms with Crippen LogP contribution in [0.5, 0.6) is 5.75 Å². The lowest BCUT2D eigenvalue weighted by Gasteiger charge is -2.48. The van der Waals surface area contributed by atoms with Crippen LogP contribution in [0.25, 0.3) is 0 Å². The minimum atomic E-state index is -0.133. The Morgan fingerprint density at radius 1 is 0.862 bits per heavy atom. The molecule has 1 unspecified atom stereocenters. The third-order valence-electron chi connectivity index (χ3n) is 7.76. The highest BCUT2D eigenvalue weighted by molar-refractivity contribution is 5.27. The molecule has 2 aliphatic carbocycles. The molecule has 2 heteroatoms. The lowest BCUT2D eigenvalue weighted by Crippen LogP contribution is -2.42. The van der Waals surface area contributed by atoms with E-state index in [1.165, 1.54) is 76.2 Å². The highest BCUT2D eigenvalue weighted by Gasteiger charge is 2.43. The smallest absolute Gasteiger partial charge is 0.200 e. The van der Waals surface area contributed by atoms with Gasteiger partial charge in [-0.15, -0.1) is 0 Å². The van der Waals surface area contributed by atoms with Crippen molar-refractivity contribution >= 4 is 0 Å². The van der Waals surface area contributed by atoms with Crippen LogP contribution in [0.4, 0.5) is 0 Å². The average molecular weight is 401 g/mol. The van der Waals surface area contributed by atoms with Crippen molar-refractivity contribution < 1.29 is 9.47 Å². The number of ether oxygens (including phenoxy) is 2. The van der Waals surface area contributed by atoms with E-state index >= 15 is 0 Å². The van der Waals surface area contributed by atoms with Crippen LogP contribution in [0, 0.1) is 17.3 Å². The molecule has 3 rings (SSSR count). The molecular formula is C27H44O2. The van der Waals surface area contributed by atoms with Gasteiger partial charge in [-0.1, -0.05) is 70.9 Å². The highest BCUT2D eigenvalue weighted by Crippen LogP contribution is 2.51. The number of rotatable bonds is 10. The van der Waals surface area contributed by atoms with E-state index in [0.29, 0.717) is 12.0 Å². The molecular weight excluding hydrogens is 356 g/mol. The van der Waals surface area contributed by atoms with Gasteiger partial charge in [0.1, 0.15) is 5.75 Å². The first-order valence-corrected chi connectivity index (χ1v) is 12.5. The normalized spacial score (nSPS) is 20.5. The molecule has 2 saturated carbocycles. The van der Waals surface area contributed by atoms with Crippen LogP contribution in [0.2, 0.25) is 0 Å². The summed E-state index contributed by atoms with van der Waals surface area (Å²) in [6, 6.07) is 8.69. The Bertz CT molecular complexity index is 549. The molecule has 1 aromatic carbocycles. The summed E-state index contributed by atoms with van der Waals surface area (Å²) >= 11 is 0. The monoisotopic (exact) mass is 400 g/mol. The zero-order valence-electron chi connectivity index (χ0n) is 19.3. The number of hydrogen-bond donors (Lipinski definition) is 0. The SMILES string of the molecule is CCCc1ccc(OC(CC(C)(C2CCCCC2)C2CCCCC2)OCC)cc1. The van der Waals surface area contributed by atoms with E-state index in [4.69, 9.17) is 9.47 Å². The van der Waals surface area contributed by atoms with Crippen LogP contribution in [0.3, 0.4) is 0 Å². The summed E-state index contributed by atoms with van der Waals surface area (Å²) < 4.78 is 12.6. The Balaban J connectivity index is 1.74. The van der Waals surface area contributed by atoms with Gasteiger partial charge in [0, 0.05) is 13.0 Å². The molecule has 0 aromatic heterocycles. The first-order chi connectivity index (χ1) is 14.2. The average Bonchev–Trinajstić information content (AvgIpc) is 2.76. The van der Waals surface area contributed by atoms with Crippen molar-refractivity contribution in [2.45, 2.75) is 111 Å². The largest absolute Gasteiger partial charge is 0.465 e. The summed E-state index contributed by atoms with van der Waals surface area (Å²) in [5.74, 6) is 2.62. The molecule has 164 valence electrons. The van der Waals surface area contributed by atoms with Crippen LogP contribution in [-0.2, 0) is 11.2 Å². The highest BCUT2D eigenvalue weighted by atomic mass is 16.7. The fourth-order valence-corrected chi connectivity index (χ4v) is 6.05. The van der Waals surface area contributed by atoms with Crippen LogP contribution < -0.4 is 4.74 Å². The fraction of sp³-hybridized carbons (Fsp3) is 0.778. The van der Waals surface area contributed by atoms with Gasteiger partial charge in [0.15, 0.2) is 6.29 Å². The van der Waals surface area contributed by atoms with Crippen molar-refractivity contribution in [3.63, 3.8) is 0 Å². The summed E-state index contributed by atoms with van der Waals surface area (Å²) in [6.45, 7) is 7.62. The molecule has 0 amide bonds. The van der Waals surface area contributed by atoms with Gasteiger partial charge in [0.05, 0.1) is 0 Å². The molecule has 2 aliphatic rings. The Kier molecular flexibility index (Phi) is 8.90. The van der Waals surface area contributed by atoms with Crippen LogP contribution in [-0.4, -0.2) is 12.9 Å². The van der Waals surface area contributed by atoms with Crippen molar-refractivity contribution in [2.24, 2.45) is 17.3 Å². The van der Waals surface area contributed by atoms with Crippen LogP contribution >= 0.6 is 0 Å². The first kappa shape index (κ1) is 22.7. The second-order valence-electron chi connectivity index (χ2n) is 9.78. The second kappa shape index (κ2) is 11.4. The topological polar surface area (TPSA) is 18.5 Å². The number of hydrogen-bond acceptors (Lipinski definition) is 2. The maximum atomic E-state index is 6.44. The predicted octanol–water partition coefficient (Wildman–Crippen LogP) is 7.94. The maximum Gasteiger partial charge on any atom is 0.200 e. The van der Waals surface area contributed by atoms with Crippen LogP contribution in [0.1, 0.15) is 103 Å². The molecule has 0 N–H and O–H groups in total. The Morgan fingerprint density at radius 3 is 1.90 bits per heavy atom. The molecule has 1 aromatic rings. The van der Waals surface area contributed by atoms with E-state index in [0.717, 1.165) is 30.4 Å². The van der Waals surface area contributed by atoms with Gasteiger partial charge >= 0.3 is 0 Å². The van der Waals surface area contributed by atoms with E-state index in [1.54, 1.807) is 0 Å². The lowest BCUT2D eigenvalue weighted by atomic mass is 9.58. The molecule has 0 aliphatic heterocycles. The van der Waals surface area contributed by atoms with Crippen molar-refractivity contribution in [3.8, 4) is 5.75 Å². The van der Waals surface area contributed by atoms with Crippen molar-refractivity contribution in [1.82, 2.24) is 0 Å². The van der Waals surface area contributed by atoms with E-state index < -0.39 is 0 Å². The summed E-state index contributed by atoms with van der Waals surface area (Å²) in [5.41, 5.74) is 1.73. The lowest BCUT2D eigenvalue weighted by molar-refractivity contribution is -0.123. The molecule has 2 nitrogen and oxygen atoms in total. The van der Waals surface area contributed by atoms with E-state index in [1.807, 2.05) is 0 Å². The molecule has 0 spiro atoms. The quantitative estimate of drug-likeness (QED) is 0.371. The minimum absolute atomic E-state index is 0.133. The van der Waals surface area contributed by atoms with E-state index in [9.17, 15) is 0 Å². The number of benzene rings is 1. The molecule has 2 fully saturated rings. The van der Waals surface area contributed by atoms with Gasteiger partial charge in [0.25, 0.3) is 0 Å². The molecule has 0 saturated heterocycles. The standard InChI is InChI=1S/C27H44O2/c1-4-12-22-17-19-25(20-18-22)29-26(28-5-2)21-27(3,23-13-8-6-9-14-23)24-15-10-7-11-16-24/h17-20,23-24,26H,4-16,21H2,1-3H3. The van der Waals surface area contributed by atoms with Crippen molar-refractivity contribution in [2.75, 3.05) is 6.61 Å². The Labute approximate surface area is 179 Å². The summed E-state index contributed by atoms with van der Waals surface area (Å²) in [7, 11) is 0. The zero-order valence-corrected chi connectivity index (χ0v) is 19.3. The third kappa shape index (κ3) is 6.23. The molecule has 29 heavy (non-hydrogen) atoms. The fourth-order valence-electron chi connectivity index (χ4n) is 6.05. The van der Waals surface area contributed by atoms with Crippen molar-refractivity contribution in [1.29, 1.82) is 0 Å². The Morgan fingerprint density at radius 2 is 1.41 bits per heavy atom. The van der Waals surface area contributed by atoms with E-state index in [2.05, 4.69) is 45.0 Å². The summed E-state index contributed by atoms with van der Waals surface area (Å²) in [5, 5.41) is 0. The third-order valence-corrected chi connectivity index (χ3v) is 7.76. The Hall–Kier alpha value is -1.02. The van der Waals surface area contributed by atoms with Gasteiger partial charge in [-0.25, -0.2) is 0 Å². The second-order valence-corrected chi connectivity index (χ2v) is 9.78. The van der Waals surface area contributed by atoms with Crippen molar-refractivity contribution in [3.05, 3.63) is 29.8 Å². The number of aryl methyl sites for hydroxylation is 1. The molecule has 1 atom stereocenters. The first-order valence-electron chi connectivity index (χ1n) is 12.5. The minimum Gasteiger partial charge on any atom is -0.465 e.